The van der Waals surface area contributed by atoms with Gasteiger partial charge in [0.2, 0.25) is 0 Å². The van der Waals surface area contributed by atoms with Crippen molar-refractivity contribution >= 4 is 11.3 Å². The SMILES string of the molecule is CNCc1cc(C)c(Cc2csc(-c3ccc(OC)c(OC)c3)n2)cc1C. The number of thiazole rings is 1. The van der Waals surface area contributed by atoms with Crippen LogP contribution in [0.3, 0.4) is 0 Å². The molecule has 0 aliphatic heterocycles. The maximum atomic E-state index is 5.41. The molecule has 5 heteroatoms. The zero-order valence-electron chi connectivity index (χ0n) is 16.6. The van der Waals surface area contributed by atoms with Crippen molar-refractivity contribution in [1.82, 2.24) is 10.3 Å². The predicted octanol–water partition coefficient (Wildman–Crippen LogP) is 4.75. The molecule has 0 saturated carbocycles. The maximum Gasteiger partial charge on any atom is 0.161 e. The molecule has 142 valence electrons. The summed E-state index contributed by atoms with van der Waals surface area (Å²) < 4.78 is 10.7. The lowest BCUT2D eigenvalue weighted by atomic mass is 9.97. The number of methoxy groups -OCH3 is 2. The topological polar surface area (TPSA) is 43.4 Å². The molecule has 0 atom stereocenters. The highest BCUT2D eigenvalue weighted by atomic mass is 32.1. The van der Waals surface area contributed by atoms with Crippen LogP contribution in [0.2, 0.25) is 0 Å². The molecule has 3 aromatic rings. The van der Waals surface area contributed by atoms with E-state index in [0.29, 0.717) is 0 Å². The van der Waals surface area contributed by atoms with Crippen LogP contribution in [-0.4, -0.2) is 26.3 Å². The van der Waals surface area contributed by atoms with Crippen LogP contribution in [0.5, 0.6) is 11.5 Å². The van der Waals surface area contributed by atoms with Gasteiger partial charge in [0, 0.05) is 23.9 Å². The van der Waals surface area contributed by atoms with Gasteiger partial charge in [-0.15, -0.1) is 11.3 Å². The minimum absolute atomic E-state index is 0.721. The van der Waals surface area contributed by atoms with Crippen molar-refractivity contribution < 1.29 is 9.47 Å². The molecule has 3 rings (SSSR count). The quantitative estimate of drug-likeness (QED) is 0.640. The monoisotopic (exact) mass is 382 g/mol. The Bertz CT molecular complexity index is 934. The first-order valence-corrected chi connectivity index (χ1v) is 9.84. The van der Waals surface area contributed by atoms with Gasteiger partial charge in [-0.3, -0.25) is 0 Å². The maximum absolute atomic E-state index is 5.41. The van der Waals surface area contributed by atoms with Gasteiger partial charge in [-0.05, 0) is 61.3 Å². The molecule has 27 heavy (non-hydrogen) atoms. The molecule has 0 amide bonds. The summed E-state index contributed by atoms with van der Waals surface area (Å²) in [6, 6.07) is 10.5. The molecule has 1 N–H and O–H groups in total. The lowest BCUT2D eigenvalue weighted by Crippen LogP contribution is -2.07. The number of hydrogen-bond donors (Lipinski definition) is 1. The van der Waals surface area contributed by atoms with Crippen LogP contribution in [-0.2, 0) is 13.0 Å². The lowest BCUT2D eigenvalue weighted by molar-refractivity contribution is 0.355. The van der Waals surface area contributed by atoms with Crippen molar-refractivity contribution in [2.75, 3.05) is 21.3 Å². The third-order valence-electron chi connectivity index (χ3n) is 4.72. The zero-order chi connectivity index (χ0) is 19.4. The predicted molar refractivity (Wildman–Crippen MR) is 112 cm³/mol. The Morgan fingerprint density at radius 3 is 2.37 bits per heavy atom. The number of ether oxygens (including phenoxy) is 2. The van der Waals surface area contributed by atoms with Crippen molar-refractivity contribution in [1.29, 1.82) is 0 Å². The first kappa shape index (κ1) is 19.4. The normalized spacial score (nSPS) is 10.9. The first-order valence-electron chi connectivity index (χ1n) is 8.96. The standard InChI is InChI=1S/C22H26N2O2S/c1-14-9-18(12-23-3)15(2)8-17(14)10-19-13-27-22(24-19)16-6-7-20(25-4)21(11-16)26-5/h6-9,11,13,23H,10,12H2,1-5H3. The summed E-state index contributed by atoms with van der Waals surface area (Å²) >= 11 is 1.66. The summed E-state index contributed by atoms with van der Waals surface area (Å²) in [7, 11) is 5.27. The Kier molecular flexibility index (Phi) is 6.14. The molecule has 0 saturated heterocycles. The van der Waals surface area contributed by atoms with Gasteiger partial charge in [-0.25, -0.2) is 4.98 Å². The van der Waals surface area contributed by atoms with E-state index in [-0.39, 0.29) is 0 Å². The van der Waals surface area contributed by atoms with Gasteiger partial charge in [0.1, 0.15) is 5.01 Å². The molecule has 0 fully saturated rings. The first-order chi connectivity index (χ1) is 13.0. The molecule has 0 spiro atoms. The molecular formula is C22H26N2O2S. The van der Waals surface area contributed by atoms with E-state index in [4.69, 9.17) is 14.5 Å². The number of rotatable bonds is 7. The highest BCUT2D eigenvalue weighted by Crippen LogP contribution is 2.34. The average molecular weight is 383 g/mol. The summed E-state index contributed by atoms with van der Waals surface area (Å²) in [5, 5.41) is 6.36. The van der Waals surface area contributed by atoms with Crippen molar-refractivity contribution in [3.8, 4) is 22.1 Å². The van der Waals surface area contributed by atoms with E-state index in [1.807, 2.05) is 25.2 Å². The van der Waals surface area contributed by atoms with Crippen molar-refractivity contribution in [2.24, 2.45) is 0 Å². The summed E-state index contributed by atoms with van der Waals surface area (Å²) in [6.45, 7) is 5.24. The van der Waals surface area contributed by atoms with Gasteiger partial charge in [0.15, 0.2) is 11.5 Å². The summed E-state index contributed by atoms with van der Waals surface area (Å²) in [6.07, 6.45) is 0.844. The number of nitrogens with one attached hydrogen (secondary N) is 1. The molecule has 1 aromatic heterocycles. The summed E-state index contributed by atoms with van der Waals surface area (Å²) in [4.78, 5) is 4.85. The average Bonchev–Trinajstić information content (AvgIpc) is 3.14. The molecule has 0 aliphatic carbocycles. The fourth-order valence-electron chi connectivity index (χ4n) is 3.19. The van der Waals surface area contributed by atoms with Gasteiger partial charge in [-0.2, -0.15) is 0 Å². The van der Waals surface area contributed by atoms with Gasteiger partial charge in [0.25, 0.3) is 0 Å². The minimum atomic E-state index is 0.721. The number of hydrogen-bond acceptors (Lipinski definition) is 5. The van der Waals surface area contributed by atoms with Crippen molar-refractivity contribution in [2.45, 2.75) is 26.8 Å². The van der Waals surface area contributed by atoms with Gasteiger partial charge >= 0.3 is 0 Å². The van der Waals surface area contributed by atoms with E-state index in [9.17, 15) is 0 Å². The van der Waals surface area contributed by atoms with Crippen LogP contribution >= 0.6 is 11.3 Å². The second-order valence-electron chi connectivity index (χ2n) is 6.63. The fraction of sp³-hybridized carbons (Fsp3) is 0.318. The molecule has 0 unspecified atom stereocenters. The van der Waals surface area contributed by atoms with Crippen molar-refractivity contribution in [3.63, 3.8) is 0 Å². The third-order valence-corrected chi connectivity index (χ3v) is 5.66. The highest BCUT2D eigenvalue weighted by Gasteiger charge is 2.11. The van der Waals surface area contributed by atoms with Crippen LogP contribution in [0.25, 0.3) is 10.6 Å². The lowest BCUT2D eigenvalue weighted by Gasteiger charge is -2.11. The number of benzene rings is 2. The van der Waals surface area contributed by atoms with E-state index in [0.717, 1.165) is 40.7 Å². The second-order valence-corrected chi connectivity index (χ2v) is 7.48. The Hall–Kier alpha value is -2.37. The molecule has 2 aromatic carbocycles. The van der Waals surface area contributed by atoms with Crippen LogP contribution in [0, 0.1) is 13.8 Å². The summed E-state index contributed by atoms with van der Waals surface area (Å²) in [5.74, 6) is 1.45. The number of nitrogens with zero attached hydrogens (tertiary/aromatic N) is 1. The van der Waals surface area contributed by atoms with Crippen molar-refractivity contribution in [3.05, 3.63) is 63.7 Å². The Balaban J connectivity index is 1.84. The van der Waals surface area contributed by atoms with E-state index < -0.39 is 0 Å². The molecule has 0 bridgehead atoms. The Morgan fingerprint density at radius 1 is 0.963 bits per heavy atom. The van der Waals surface area contributed by atoms with Crippen LogP contribution in [0.1, 0.15) is 27.9 Å². The number of aromatic nitrogens is 1. The molecule has 0 aliphatic rings. The Morgan fingerprint density at radius 2 is 1.67 bits per heavy atom. The fourth-order valence-corrected chi connectivity index (χ4v) is 4.01. The highest BCUT2D eigenvalue weighted by molar-refractivity contribution is 7.13. The van der Waals surface area contributed by atoms with Gasteiger partial charge in [-0.1, -0.05) is 12.1 Å². The molecule has 0 radical (unpaired) electrons. The molecular weight excluding hydrogens is 356 g/mol. The van der Waals surface area contributed by atoms with Crippen LogP contribution < -0.4 is 14.8 Å². The smallest absolute Gasteiger partial charge is 0.161 e. The van der Waals surface area contributed by atoms with Gasteiger partial charge in [0.05, 0.1) is 19.9 Å². The minimum Gasteiger partial charge on any atom is -0.493 e. The van der Waals surface area contributed by atoms with Crippen LogP contribution in [0.15, 0.2) is 35.7 Å². The second kappa shape index (κ2) is 8.55. The van der Waals surface area contributed by atoms with Gasteiger partial charge < -0.3 is 14.8 Å². The molecule has 1 heterocycles. The van der Waals surface area contributed by atoms with E-state index in [2.05, 4.69) is 36.7 Å². The number of aryl methyl sites for hydroxylation is 2. The Labute approximate surface area is 165 Å². The zero-order valence-corrected chi connectivity index (χ0v) is 17.4. The largest absolute Gasteiger partial charge is 0.493 e. The molecule has 4 nitrogen and oxygen atoms in total. The van der Waals surface area contributed by atoms with Crippen LogP contribution in [0.4, 0.5) is 0 Å². The van der Waals surface area contributed by atoms with E-state index in [1.54, 1.807) is 25.6 Å². The van der Waals surface area contributed by atoms with E-state index >= 15 is 0 Å². The third kappa shape index (κ3) is 4.31. The summed E-state index contributed by atoms with van der Waals surface area (Å²) in [5.41, 5.74) is 7.45. The van der Waals surface area contributed by atoms with E-state index in [1.165, 1.54) is 22.3 Å².